The van der Waals surface area contributed by atoms with Gasteiger partial charge in [-0.1, -0.05) is 30.3 Å². The molecule has 4 atom stereocenters. The molecule has 1 unspecified atom stereocenters. The summed E-state index contributed by atoms with van der Waals surface area (Å²) in [7, 11) is 3.28. The summed E-state index contributed by atoms with van der Waals surface area (Å²) in [5.74, 6) is -0.0529. The molecule has 3 rings (SSSR count). The van der Waals surface area contributed by atoms with Crippen LogP contribution in [0.25, 0.3) is 0 Å². The van der Waals surface area contributed by atoms with E-state index < -0.39 is 12.1 Å². The number of carbonyl (C=O) groups is 2. The van der Waals surface area contributed by atoms with E-state index in [1.54, 1.807) is 24.0 Å². The Balaban J connectivity index is 1.62. The smallest absolute Gasteiger partial charge is 0.249 e. The van der Waals surface area contributed by atoms with Gasteiger partial charge in [0.05, 0.1) is 25.9 Å². The van der Waals surface area contributed by atoms with Crippen LogP contribution in [-0.4, -0.2) is 79.3 Å². The van der Waals surface area contributed by atoms with Crippen LogP contribution < -0.4 is 0 Å². The zero-order chi connectivity index (χ0) is 20.1. The Hall–Kier alpha value is -1.96. The van der Waals surface area contributed by atoms with Crippen LogP contribution in [-0.2, 0) is 19.1 Å². The number of rotatable bonds is 9. The van der Waals surface area contributed by atoms with Gasteiger partial charge in [0, 0.05) is 20.2 Å². The molecular formula is C21H30N2O5. The number of piperidine rings is 1. The lowest BCUT2D eigenvalue weighted by atomic mass is 9.97. The van der Waals surface area contributed by atoms with Gasteiger partial charge in [-0.05, 0) is 30.7 Å². The molecule has 1 saturated carbocycles. The van der Waals surface area contributed by atoms with Gasteiger partial charge in [-0.15, -0.1) is 0 Å². The summed E-state index contributed by atoms with van der Waals surface area (Å²) in [5.41, 5.74) is 0.773. The maximum Gasteiger partial charge on any atom is 0.249 e. The summed E-state index contributed by atoms with van der Waals surface area (Å²) < 4.78 is 10.3. The third-order valence-electron chi connectivity index (χ3n) is 5.79. The molecule has 7 nitrogen and oxygen atoms in total. The largest absolute Gasteiger partial charge is 0.387 e. The van der Waals surface area contributed by atoms with E-state index in [2.05, 4.69) is 0 Å². The third-order valence-corrected chi connectivity index (χ3v) is 5.79. The second kappa shape index (κ2) is 9.49. The van der Waals surface area contributed by atoms with Gasteiger partial charge in [-0.3, -0.25) is 9.59 Å². The second-order valence-corrected chi connectivity index (χ2v) is 7.66. The summed E-state index contributed by atoms with van der Waals surface area (Å²) in [6.45, 7) is 0.948. The Bertz CT molecular complexity index is 668. The number of fused-ring (bicyclic) bond motifs is 2. The van der Waals surface area contributed by atoms with Crippen molar-refractivity contribution in [1.29, 1.82) is 0 Å². The predicted molar refractivity (Wildman–Crippen MR) is 103 cm³/mol. The molecular weight excluding hydrogens is 360 g/mol. The minimum absolute atomic E-state index is 0.0350. The molecule has 0 radical (unpaired) electrons. The molecule has 2 aliphatic rings. The monoisotopic (exact) mass is 390 g/mol. The van der Waals surface area contributed by atoms with Crippen molar-refractivity contribution in [3.05, 3.63) is 35.9 Å². The molecule has 0 aromatic heterocycles. The fraction of sp³-hybridized carbons (Fsp3) is 0.619. The van der Waals surface area contributed by atoms with Crippen molar-refractivity contribution in [2.45, 2.75) is 37.5 Å². The first-order valence-corrected chi connectivity index (χ1v) is 9.88. The number of benzene rings is 1. The van der Waals surface area contributed by atoms with E-state index in [9.17, 15) is 14.7 Å². The summed E-state index contributed by atoms with van der Waals surface area (Å²) in [4.78, 5) is 29.2. The number of aliphatic hydroxyl groups excluding tert-OH is 1. The first-order valence-electron chi connectivity index (χ1n) is 9.88. The van der Waals surface area contributed by atoms with Crippen molar-refractivity contribution < 1.29 is 24.2 Å². The van der Waals surface area contributed by atoms with Gasteiger partial charge < -0.3 is 24.4 Å². The number of hydrogen-bond acceptors (Lipinski definition) is 5. The first kappa shape index (κ1) is 20.8. The van der Waals surface area contributed by atoms with E-state index >= 15 is 0 Å². The molecule has 1 N–H and O–H groups in total. The molecule has 2 amide bonds. The van der Waals surface area contributed by atoms with Gasteiger partial charge >= 0.3 is 0 Å². The molecule has 1 aliphatic heterocycles. The molecule has 1 aromatic rings. The SMILES string of the molecule is COCCOCC(=O)N1[C@@H]2CC[C@@H](C2)[C@H]1C(=O)N(C)CC(O)c1ccccc1. The van der Waals surface area contributed by atoms with Crippen molar-refractivity contribution in [2.24, 2.45) is 5.92 Å². The van der Waals surface area contributed by atoms with Gasteiger partial charge in [0.2, 0.25) is 11.8 Å². The highest BCUT2D eigenvalue weighted by Crippen LogP contribution is 2.43. The number of methoxy groups -OCH3 is 1. The fourth-order valence-corrected chi connectivity index (χ4v) is 4.40. The second-order valence-electron chi connectivity index (χ2n) is 7.66. The molecule has 1 saturated heterocycles. The van der Waals surface area contributed by atoms with Crippen LogP contribution in [0, 0.1) is 5.92 Å². The third kappa shape index (κ3) is 4.54. The van der Waals surface area contributed by atoms with E-state index in [1.807, 2.05) is 30.3 Å². The summed E-state index contributed by atoms with van der Waals surface area (Å²) in [5, 5.41) is 10.4. The standard InChI is InChI=1S/C21H30N2O5/c1-22(13-18(24)15-6-4-3-5-7-15)21(26)20-16-8-9-17(12-16)23(20)19(25)14-28-11-10-27-2/h3-7,16-18,20,24H,8-14H2,1-2H3/t16-,17+,18?,20-/m0/s1. The quantitative estimate of drug-likeness (QED) is 0.642. The Kier molecular flexibility index (Phi) is 7.04. The zero-order valence-corrected chi connectivity index (χ0v) is 16.6. The van der Waals surface area contributed by atoms with Gasteiger partial charge in [-0.25, -0.2) is 0 Å². The van der Waals surface area contributed by atoms with Crippen LogP contribution in [0.4, 0.5) is 0 Å². The topological polar surface area (TPSA) is 79.3 Å². The van der Waals surface area contributed by atoms with Gasteiger partial charge in [0.25, 0.3) is 0 Å². The van der Waals surface area contributed by atoms with Gasteiger partial charge in [-0.2, -0.15) is 0 Å². The van der Waals surface area contributed by atoms with Crippen molar-refractivity contribution in [3.63, 3.8) is 0 Å². The Labute approximate surface area is 166 Å². The van der Waals surface area contributed by atoms with Crippen LogP contribution in [0.5, 0.6) is 0 Å². The number of likely N-dealkylation sites (tertiary alicyclic amines) is 1. The average molecular weight is 390 g/mol. The Morgan fingerprint density at radius 1 is 1.25 bits per heavy atom. The van der Waals surface area contributed by atoms with Crippen LogP contribution in [0.15, 0.2) is 30.3 Å². The molecule has 28 heavy (non-hydrogen) atoms. The van der Waals surface area contributed by atoms with E-state index in [0.29, 0.717) is 13.2 Å². The molecule has 154 valence electrons. The maximum atomic E-state index is 13.2. The number of carbonyl (C=O) groups excluding carboxylic acids is 2. The minimum Gasteiger partial charge on any atom is -0.387 e. The lowest BCUT2D eigenvalue weighted by molar-refractivity contribution is -0.151. The van der Waals surface area contributed by atoms with E-state index in [0.717, 1.165) is 24.8 Å². The highest BCUT2D eigenvalue weighted by Gasteiger charge is 2.51. The van der Waals surface area contributed by atoms with Crippen LogP contribution >= 0.6 is 0 Å². The van der Waals surface area contributed by atoms with Gasteiger partial charge in [0.1, 0.15) is 12.6 Å². The Morgan fingerprint density at radius 2 is 2.00 bits per heavy atom. The number of likely N-dealkylation sites (N-methyl/N-ethyl adjacent to an activating group) is 1. The zero-order valence-electron chi connectivity index (χ0n) is 16.6. The molecule has 1 aromatic carbocycles. The number of amides is 2. The summed E-state index contributed by atoms with van der Waals surface area (Å²) in [6.07, 6.45) is 2.02. The highest BCUT2D eigenvalue weighted by atomic mass is 16.5. The summed E-state index contributed by atoms with van der Waals surface area (Å²) >= 11 is 0. The van der Waals surface area contributed by atoms with Crippen molar-refractivity contribution in [3.8, 4) is 0 Å². The number of nitrogens with zero attached hydrogens (tertiary/aromatic N) is 2. The number of hydrogen-bond donors (Lipinski definition) is 1. The summed E-state index contributed by atoms with van der Waals surface area (Å²) in [6, 6.07) is 8.95. The number of ether oxygens (including phenoxy) is 2. The van der Waals surface area contributed by atoms with Crippen molar-refractivity contribution >= 4 is 11.8 Å². The molecule has 2 fully saturated rings. The Morgan fingerprint density at radius 3 is 2.71 bits per heavy atom. The average Bonchev–Trinajstić information content (AvgIpc) is 3.32. The minimum atomic E-state index is -0.754. The number of aliphatic hydroxyl groups is 1. The first-order chi connectivity index (χ1) is 13.5. The molecule has 7 heteroatoms. The van der Waals surface area contributed by atoms with Crippen molar-refractivity contribution in [2.75, 3.05) is 40.5 Å². The van der Waals surface area contributed by atoms with Crippen LogP contribution in [0.2, 0.25) is 0 Å². The lowest BCUT2D eigenvalue weighted by Crippen LogP contribution is -2.54. The predicted octanol–water partition coefficient (Wildman–Crippen LogP) is 1.22. The van der Waals surface area contributed by atoms with Crippen LogP contribution in [0.1, 0.15) is 30.9 Å². The van der Waals surface area contributed by atoms with Crippen molar-refractivity contribution in [1.82, 2.24) is 9.80 Å². The van der Waals surface area contributed by atoms with Crippen LogP contribution in [0.3, 0.4) is 0 Å². The molecule has 0 spiro atoms. The lowest BCUT2D eigenvalue weighted by Gasteiger charge is -2.36. The fourth-order valence-electron chi connectivity index (χ4n) is 4.40. The molecule has 1 aliphatic carbocycles. The highest BCUT2D eigenvalue weighted by molar-refractivity contribution is 5.89. The van der Waals surface area contributed by atoms with E-state index in [4.69, 9.17) is 9.47 Å². The van der Waals surface area contributed by atoms with E-state index in [1.165, 1.54) is 0 Å². The maximum absolute atomic E-state index is 13.2. The molecule has 2 bridgehead atoms. The van der Waals surface area contributed by atoms with Gasteiger partial charge in [0.15, 0.2) is 0 Å². The molecule has 1 heterocycles. The van der Waals surface area contributed by atoms with E-state index in [-0.39, 0.29) is 36.9 Å². The normalized spacial score (nSPS) is 24.4.